The first kappa shape index (κ1) is 14.2. The molecule has 0 spiro atoms. The molecular weight excluding hydrogens is 346 g/mol. The molecule has 0 saturated carbocycles. The highest BCUT2D eigenvalue weighted by Gasteiger charge is 2.30. The van der Waals surface area contributed by atoms with Gasteiger partial charge in [0.25, 0.3) is 0 Å². The Kier molecular flexibility index (Phi) is 4.03. The first-order valence-electron chi connectivity index (χ1n) is 6.62. The molecule has 0 amide bonds. The first-order chi connectivity index (χ1) is 10.1. The van der Waals surface area contributed by atoms with Crippen molar-refractivity contribution in [3.05, 3.63) is 70.2 Å². The number of rotatable bonds is 2. The van der Waals surface area contributed by atoms with Crippen molar-refractivity contribution >= 4 is 39.0 Å². The Balaban J connectivity index is 1.95. The van der Waals surface area contributed by atoms with E-state index in [1.54, 1.807) is 5.01 Å². The summed E-state index contributed by atoms with van der Waals surface area (Å²) < 4.78 is 1.04. The molecule has 3 nitrogen and oxygen atoms in total. The van der Waals surface area contributed by atoms with E-state index in [-0.39, 0.29) is 6.04 Å². The van der Waals surface area contributed by atoms with Gasteiger partial charge in [0.15, 0.2) is 5.11 Å². The predicted molar refractivity (Wildman–Crippen MR) is 93.1 cm³/mol. The van der Waals surface area contributed by atoms with Crippen LogP contribution in [0.25, 0.3) is 0 Å². The minimum Gasteiger partial charge on any atom is -0.375 e. The maximum atomic E-state index is 5.84. The van der Waals surface area contributed by atoms with Crippen molar-refractivity contribution in [1.29, 1.82) is 0 Å². The minimum absolute atomic E-state index is 0.0511. The number of hydrogen-bond acceptors (Lipinski definition) is 2. The lowest BCUT2D eigenvalue weighted by Gasteiger charge is -2.22. The molecule has 1 heterocycles. The summed E-state index contributed by atoms with van der Waals surface area (Å²) in [4.78, 5) is 0. The van der Waals surface area contributed by atoms with Crippen molar-refractivity contribution < 1.29 is 0 Å². The molecule has 0 fully saturated rings. The molecule has 0 unspecified atom stereocenters. The van der Waals surface area contributed by atoms with E-state index in [4.69, 9.17) is 18.0 Å². The average Bonchev–Trinajstić information content (AvgIpc) is 2.93. The fourth-order valence-corrected chi connectivity index (χ4v) is 3.08. The molecular formula is C16H14BrN3S. The number of hydrogen-bond donors (Lipinski definition) is 1. The largest absolute Gasteiger partial charge is 0.375 e. The molecule has 5 heteroatoms. The van der Waals surface area contributed by atoms with E-state index < -0.39 is 0 Å². The van der Waals surface area contributed by atoms with Crippen LogP contribution in [0.2, 0.25) is 0 Å². The lowest BCUT2D eigenvalue weighted by atomic mass is 9.99. The molecule has 3 rings (SSSR count). The number of nitrogens with two attached hydrogens (primary N) is 1. The Morgan fingerprint density at radius 3 is 2.62 bits per heavy atom. The van der Waals surface area contributed by atoms with Crippen molar-refractivity contribution in [1.82, 2.24) is 5.01 Å². The molecule has 0 bridgehead atoms. The third kappa shape index (κ3) is 2.99. The normalized spacial score (nSPS) is 17.7. The van der Waals surface area contributed by atoms with Crippen LogP contribution >= 0.6 is 28.1 Å². The second-order valence-corrected chi connectivity index (χ2v) is 6.20. The van der Waals surface area contributed by atoms with Crippen LogP contribution in [0.1, 0.15) is 23.6 Å². The molecule has 1 aliphatic heterocycles. The molecule has 1 atom stereocenters. The Hall–Kier alpha value is -1.72. The zero-order valence-electron chi connectivity index (χ0n) is 11.2. The van der Waals surface area contributed by atoms with Crippen LogP contribution in [0.3, 0.4) is 0 Å². The third-order valence-corrected chi connectivity index (χ3v) is 4.16. The van der Waals surface area contributed by atoms with Gasteiger partial charge in [0.2, 0.25) is 0 Å². The second-order valence-electron chi connectivity index (χ2n) is 4.87. The maximum Gasteiger partial charge on any atom is 0.187 e. The van der Waals surface area contributed by atoms with Gasteiger partial charge in [-0.2, -0.15) is 5.10 Å². The van der Waals surface area contributed by atoms with Crippen LogP contribution in [-0.2, 0) is 0 Å². The molecule has 2 aromatic carbocycles. The molecule has 0 saturated heterocycles. The van der Waals surface area contributed by atoms with Crippen LogP contribution in [0.5, 0.6) is 0 Å². The van der Waals surface area contributed by atoms with Crippen molar-refractivity contribution in [2.45, 2.75) is 12.5 Å². The van der Waals surface area contributed by atoms with Gasteiger partial charge in [-0.3, -0.25) is 0 Å². The number of nitrogens with zero attached hydrogens (tertiary/aromatic N) is 2. The minimum atomic E-state index is 0.0511. The number of thiocarbonyl (C=S) groups is 1. The van der Waals surface area contributed by atoms with Gasteiger partial charge in [-0.25, -0.2) is 5.01 Å². The lowest BCUT2D eigenvalue weighted by molar-refractivity contribution is 0.372. The van der Waals surface area contributed by atoms with Gasteiger partial charge in [-0.05, 0) is 35.5 Å². The van der Waals surface area contributed by atoms with E-state index in [1.165, 1.54) is 0 Å². The molecule has 0 radical (unpaired) electrons. The average molecular weight is 360 g/mol. The van der Waals surface area contributed by atoms with Gasteiger partial charge in [-0.1, -0.05) is 58.4 Å². The second kappa shape index (κ2) is 5.95. The number of hydrazone groups is 1. The van der Waals surface area contributed by atoms with Gasteiger partial charge in [0, 0.05) is 10.9 Å². The highest BCUT2D eigenvalue weighted by Crippen LogP contribution is 2.33. The van der Waals surface area contributed by atoms with Gasteiger partial charge < -0.3 is 5.73 Å². The van der Waals surface area contributed by atoms with E-state index in [2.05, 4.69) is 45.3 Å². The molecule has 1 aliphatic rings. The number of benzene rings is 2. The first-order valence-corrected chi connectivity index (χ1v) is 7.82. The van der Waals surface area contributed by atoms with E-state index in [0.717, 1.165) is 27.7 Å². The van der Waals surface area contributed by atoms with Crippen molar-refractivity contribution in [3.63, 3.8) is 0 Å². The zero-order chi connectivity index (χ0) is 14.8. The van der Waals surface area contributed by atoms with Crippen LogP contribution in [0, 0.1) is 0 Å². The summed E-state index contributed by atoms with van der Waals surface area (Å²) in [5.41, 5.74) is 9.10. The fraction of sp³-hybridized carbons (Fsp3) is 0.125. The Bertz CT molecular complexity index is 700. The smallest absolute Gasteiger partial charge is 0.187 e. The monoisotopic (exact) mass is 359 g/mol. The number of halogens is 1. The Morgan fingerprint density at radius 1 is 1.19 bits per heavy atom. The summed E-state index contributed by atoms with van der Waals surface area (Å²) in [6.45, 7) is 0. The molecule has 2 aromatic rings. The van der Waals surface area contributed by atoms with E-state index >= 15 is 0 Å². The van der Waals surface area contributed by atoms with Crippen LogP contribution < -0.4 is 5.73 Å². The van der Waals surface area contributed by atoms with Crippen molar-refractivity contribution in [3.8, 4) is 0 Å². The highest BCUT2D eigenvalue weighted by molar-refractivity contribution is 9.10. The fourth-order valence-electron chi connectivity index (χ4n) is 2.49. The van der Waals surface area contributed by atoms with Crippen LogP contribution in [0.15, 0.2) is 64.2 Å². The van der Waals surface area contributed by atoms with Gasteiger partial charge in [-0.15, -0.1) is 0 Å². The zero-order valence-corrected chi connectivity index (χ0v) is 13.6. The lowest BCUT2D eigenvalue weighted by Crippen LogP contribution is -2.31. The summed E-state index contributed by atoms with van der Waals surface area (Å²) in [7, 11) is 0. The molecule has 21 heavy (non-hydrogen) atoms. The van der Waals surface area contributed by atoms with Gasteiger partial charge >= 0.3 is 0 Å². The summed E-state index contributed by atoms with van der Waals surface area (Å²) in [5, 5.41) is 6.65. The van der Waals surface area contributed by atoms with E-state index in [9.17, 15) is 0 Å². The van der Waals surface area contributed by atoms with Gasteiger partial charge in [0.05, 0.1) is 11.8 Å². The Labute approximate surface area is 137 Å². The van der Waals surface area contributed by atoms with Crippen LogP contribution in [0.4, 0.5) is 0 Å². The standard InChI is InChI=1S/C16H14BrN3S/c17-13-8-4-7-12(9-13)15-10-14(19-20(15)16(18)21)11-5-2-1-3-6-11/h1-9,15H,10H2,(H2,18,21)/t15-/m1/s1. The summed E-state index contributed by atoms with van der Waals surface area (Å²) in [6, 6.07) is 18.3. The van der Waals surface area contributed by atoms with E-state index in [0.29, 0.717) is 5.11 Å². The highest BCUT2D eigenvalue weighted by atomic mass is 79.9. The molecule has 0 aliphatic carbocycles. The molecule has 106 valence electrons. The van der Waals surface area contributed by atoms with Crippen molar-refractivity contribution in [2.24, 2.45) is 10.8 Å². The van der Waals surface area contributed by atoms with Gasteiger partial charge in [0.1, 0.15) is 0 Å². The topological polar surface area (TPSA) is 41.6 Å². The van der Waals surface area contributed by atoms with Crippen molar-refractivity contribution in [2.75, 3.05) is 0 Å². The molecule has 0 aromatic heterocycles. The third-order valence-electron chi connectivity index (χ3n) is 3.48. The molecule has 2 N–H and O–H groups in total. The SMILES string of the molecule is NC(=S)N1N=C(c2ccccc2)C[C@@H]1c1cccc(Br)c1. The maximum absolute atomic E-state index is 5.84. The summed E-state index contributed by atoms with van der Waals surface area (Å²) in [5.74, 6) is 0. The predicted octanol–water partition coefficient (Wildman–Crippen LogP) is 3.84. The summed E-state index contributed by atoms with van der Waals surface area (Å²) in [6.07, 6.45) is 0.789. The summed E-state index contributed by atoms with van der Waals surface area (Å²) >= 11 is 8.66. The van der Waals surface area contributed by atoms with E-state index in [1.807, 2.05) is 30.3 Å². The quantitative estimate of drug-likeness (QED) is 0.828. The van der Waals surface area contributed by atoms with Crippen LogP contribution in [-0.4, -0.2) is 15.8 Å². The Morgan fingerprint density at radius 2 is 1.95 bits per heavy atom.